The molecule has 0 spiro atoms. The topological polar surface area (TPSA) is 12.9 Å². The predicted octanol–water partition coefficient (Wildman–Crippen LogP) is 9.51. The lowest BCUT2D eigenvalue weighted by Gasteiger charge is -2.17. The third-order valence-electron chi connectivity index (χ3n) is 6.90. The third kappa shape index (κ3) is 4.93. The minimum absolute atomic E-state index is 1.06. The molecule has 6 rings (SSSR count). The average Bonchev–Trinajstić information content (AvgIpc) is 3.37. The van der Waals surface area contributed by atoms with Crippen LogP contribution in [-0.4, -0.2) is 13.1 Å². The summed E-state index contributed by atoms with van der Waals surface area (Å²) in [7, 11) is -1.33. The Morgan fingerprint density at radius 1 is 0.486 bits per heavy atom. The fourth-order valence-corrected chi connectivity index (χ4v) is 6.86. The zero-order valence-electron chi connectivity index (χ0n) is 21.4. The van der Waals surface area contributed by atoms with Crippen LogP contribution in [-0.2, 0) is 0 Å². The molecule has 6 aromatic rings. The molecule has 1 nitrogen and oxygen atoms in total. The monoisotopic (exact) mass is 511 g/mol. The summed E-state index contributed by atoms with van der Waals surface area (Å²) in [5.74, 6) is 0. The van der Waals surface area contributed by atoms with E-state index in [-0.39, 0.29) is 0 Å². The molecule has 0 saturated heterocycles. The van der Waals surface area contributed by atoms with Crippen molar-refractivity contribution in [2.45, 2.75) is 19.6 Å². The Morgan fingerprint density at radius 3 is 1.57 bits per heavy atom. The quantitative estimate of drug-likeness (QED) is 0.210. The van der Waals surface area contributed by atoms with Crippen LogP contribution in [0.5, 0.6) is 0 Å². The van der Waals surface area contributed by atoms with Gasteiger partial charge < -0.3 is 0 Å². The molecule has 0 fully saturated rings. The van der Waals surface area contributed by atoms with Gasteiger partial charge in [0.2, 0.25) is 0 Å². The van der Waals surface area contributed by atoms with Crippen LogP contribution in [0.3, 0.4) is 0 Å². The second-order valence-corrected chi connectivity index (χ2v) is 16.7. The molecule has 0 amide bonds. The number of hydrogen-bond donors (Lipinski definition) is 0. The molecule has 0 aliphatic heterocycles. The Morgan fingerprint density at radius 2 is 1.00 bits per heavy atom. The van der Waals surface area contributed by atoms with Crippen LogP contribution in [0, 0.1) is 0 Å². The van der Waals surface area contributed by atoms with Crippen molar-refractivity contribution in [3.63, 3.8) is 0 Å². The number of para-hydroxylation sites is 1. The summed E-state index contributed by atoms with van der Waals surface area (Å²) in [4.78, 5) is 4.81. The molecular weight excluding hydrogens is 483 g/mol. The van der Waals surface area contributed by atoms with E-state index in [9.17, 15) is 0 Å². The summed E-state index contributed by atoms with van der Waals surface area (Å²) >= 11 is 1.74. The van der Waals surface area contributed by atoms with Gasteiger partial charge in [-0.3, -0.25) is 0 Å². The highest BCUT2D eigenvalue weighted by molar-refractivity contribution is 7.21. The molecule has 1 aromatic heterocycles. The van der Waals surface area contributed by atoms with Crippen molar-refractivity contribution in [3.05, 3.63) is 121 Å². The number of rotatable bonds is 5. The molecule has 0 unspecified atom stereocenters. The van der Waals surface area contributed by atoms with E-state index in [1.165, 1.54) is 43.3 Å². The highest BCUT2D eigenvalue weighted by Crippen LogP contribution is 2.33. The van der Waals surface area contributed by atoms with Crippen molar-refractivity contribution < 1.29 is 0 Å². The number of benzene rings is 5. The largest absolute Gasteiger partial charge is 0.236 e. The third-order valence-corrected chi connectivity index (χ3v) is 10.0. The molecule has 0 bridgehead atoms. The van der Waals surface area contributed by atoms with Gasteiger partial charge in [-0.05, 0) is 51.6 Å². The number of fused-ring (bicyclic) bond motifs is 1. The van der Waals surface area contributed by atoms with Crippen LogP contribution in [0.15, 0.2) is 121 Å². The van der Waals surface area contributed by atoms with Gasteiger partial charge >= 0.3 is 0 Å². The molecule has 0 aliphatic rings. The van der Waals surface area contributed by atoms with Crippen LogP contribution in [0.25, 0.3) is 54.2 Å². The van der Waals surface area contributed by atoms with E-state index >= 15 is 0 Å². The SMILES string of the molecule is C[Si](C)(C)c1cccc(-c2ccc(-c3cccc(-c4ccc(-c5nc6ccccc6s5)cc4)c3)cc2)c1. The highest BCUT2D eigenvalue weighted by atomic mass is 32.1. The second kappa shape index (κ2) is 9.58. The van der Waals surface area contributed by atoms with Crippen molar-refractivity contribution in [2.75, 3.05) is 0 Å². The van der Waals surface area contributed by atoms with Crippen LogP contribution in [0.2, 0.25) is 19.6 Å². The standard InChI is InChI=1S/C34H29NSSi/c1-37(2,3)31-11-7-10-30(23-31)26-16-14-24(15-17-26)28-8-6-9-29(22-28)25-18-20-27(21-19-25)34-35-32-12-4-5-13-33(32)36-34/h4-23H,1-3H3. The molecule has 0 atom stereocenters. The smallest absolute Gasteiger partial charge is 0.124 e. The van der Waals surface area contributed by atoms with E-state index in [2.05, 4.69) is 135 Å². The first-order valence-electron chi connectivity index (χ1n) is 12.7. The summed E-state index contributed by atoms with van der Waals surface area (Å²) < 4.78 is 1.23. The summed E-state index contributed by atoms with van der Waals surface area (Å²) in [6.07, 6.45) is 0. The molecule has 0 radical (unpaired) electrons. The Kier molecular flexibility index (Phi) is 6.11. The number of aromatic nitrogens is 1. The van der Waals surface area contributed by atoms with Crippen molar-refractivity contribution in [3.8, 4) is 44.0 Å². The molecule has 5 aromatic carbocycles. The maximum atomic E-state index is 4.81. The van der Waals surface area contributed by atoms with E-state index in [0.717, 1.165) is 16.1 Å². The fourth-order valence-electron chi connectivity index (χ4n) is 4.70. The summed E-state index contributed by atoms with van der Waals surface area (Å²) in [5, 5.41) is 2.56. The van der Waals surface area contributed by atoms with Gasteiger partial charge in [-0.2, -0.15) is 0 Å². The molecule has 3 heteroatoms. The Bertz CT molecular complexity index is 1660. The molecule has 1 heterocycles. The van der Waals surface area contributed by atoms with Gasteiger partial charge in [0, 0.05) is 5.56 Å². The average molecular weight is 512 g/mol. The number of nitrogens with zero attached hydrogens (tertiary/aromatic N) is 1. The summed E-state index contributed by atoms with van der Waals surface area (Å²) in [6.45, 7) is 7.20. The molecule has 0 saturated carbocycles. The Labute approximate surface area is 224 Å². The van der Waals surface area contributed by atoms with Gasteiger partial charge in [0.15, 0.2) is 0 Å². The lowest BCUT2D eigenvalue weighted by Crippen LogP contribution is -2.37. The van der Waals surface area contributed by atoms with Gasteiger partial charge in [0.05, 0.1) is 18.3 Å². The lowest BCUT2D eigenvalue weighted by atomic mass is 9.97. The first-order chi connectivity index (χ1) is 17.9. The lowest BCUT2D eigenvalue weighted by molar-refractivity contribution is 1.47. The van der Waals surface area contributed by atoms with E-state index in [0.29, 0.717) is 0 Å². The van der Waals surface area contributed by atoms with Crippen molar-refractivity contribution in [1.29, 1.82) is 0 Å². The molecule has 180 valence electrons. The first kappa shape index (κ1) is 23.6. The van der Waals surface area contributed by atoms with Crippen molar-refractivity contribution in [2.24, 2.45) is 0 Å². The van der Waals surface area contributed by atoms with Gasteiger partial charge in [0.1, 0.15) is 5.01 Å². The van der Waals surface area contributed by atoms with Gasteiger partial charge in [-0.15, -0.1) is 11.3 Å². The molecule has 0 N–H and O–H groups in total. The molecular formula is C34H29NSSi. The van der Waals surface area contributed by atoms with E-state index in [1.54, 1.807) is 11.3 Å². The maximum Gasteiger partial charge on any atom is 0.124 e. The van der Waals surface area contributed by atoms with E-state index < -0.39 is 8.07 Å². The zero-order chi connectivity index (χ0) is 25.4. The van der Waals surface area contributed by atoms with Gasteiger partial charge in [-0.1, -0.05) is 128 Å². The molecule has 37 heavy (non-hydrogen) atoms. The normalized spacial score (nSPS) is 11.6. The summed E-state index contributed by atoms with van der Waals surface area (Å²) in [5.41, 5.74) is 9.70. The van der Waals surface area contributed by atoms with Gasteiger partial charge in [-0.25, -0.2) is 4.98 Å². The van der Waals surface area contributed by atoms with Crippen LogP contribution in [0.4, 0.5) is 0 Å². The number of hydrogen-bond acceptors (Lipinski definition) is 2. The Balaban J connectivity index is 1.25. The summed E-state index contributed by atoms with van der Waals surface area (Å²) in [6, 6.07) is 44.0. The first-order valence-corrected chi connectivity index (χ1v) is 17.0. The van der Waals surface area contributed by atoms with E-state index in [4.69, 9.17) is 4.98 Å². The van der Waals surface area contributed by atoms with Crippen molar-refractivity contribution >= 4 is 34.8 Å². The predicted molar refractivity (Wildman–Crippen MR) is 164 cm³/mol. The van der Waals surface area contributed by atoms with Crippen LogP contribution >= 0.6 is 11.3 Å². The second-order valence-electron chi connectivity index (χ2n) is 10.6. The Hall–Kier alpha value is -3.79. The maximum absolute atomic E-state index is 4.81. The fraction of sp³-hybridized carbons (Fsp3) is 0.0882. The minimum Gasteiger partial charge on any atom is -0.236 e. The highest BCUT2D eigenvalue weighted by Gasteiger charge is 2.16. The van der Waals surface area contributed by atoms with Crippen molar-refractivity contribution in [1.82, 2.24) is 4.98 Å². The zero-order valence-corrected chi connectivity index (χ0v) is 23.2. The number of thiazole rings is 1. The van der Waals surface area contributed by atoms with Crippen LogP contribution in [0.1, 0.15) is 0 Å². The van der Waals surface area contributed by atoms with Gasteiger partial charge in [0.25, 0.3) is 0 Å². The molecule has 0 aliphatic carbocycles. The minimum atomic E-state index is -1.33. The van der Waals surface area contributed by atoms with E-state index in [1.807, 2.05) is 6.07 Å². The van der Waals surface area contributed by atoms with Crippen LogP contribution < -0.4 is 5.19 Å².